The minimum Gasteiger partial charge on any atom is -0.454 e. The minimum absolute atomic E-state index is 0.00424. The lowest BCUT2D eigenvalue weighted by molar-refractivity contribution is -0.154. The fraction of sp³-hybridized carbons (Fsp3) is 0.318. The molecule has 1 spiro atoms. The average molecular weight is 405 g/mol. The maximum atomic E-state index is 13.5. The van der Waals surface area contributed by atoms with Crippen LogP contribution >= 0.6 is 0 Å². The standard InChI is InChI=1S/C22H19N3O5/c1-24-10-18(26)25-15(20(24)27)9-22(13-4-2-3-5-14(13)23-21(22)28)19(25)12-6-7-16-17(8-12)30-11-29-16/h2-8,15,19H,9-11H2,1H3,(H,23,28)/t15-,19?,22?/m1/s1. The molecule has 2 unspecified atom stereocenters. The Balaban J connectivity index is 1.59. The molecule has 0 saturated carbocycles. The second-order valence-electron chi connectivity index (χ2n) is 8.20. The Morgan fingerprint density at radius 3 is 2.73 bits per heavy atom. The zero-order chi connectivity index (χ0) is 20.6. The SMILES string of the molecule is CN1CC(=O)N2C(c3ccc4c(c3)OCO4)C3(C[C@@H]2C1=O)C(=O)Nc1ccccc13. The number of para-hydroxylation sites is 1. The number of amides is 3. The van der Waals surface area contributed by atoms with Crippen molar-refractivity contribution in [1.29, 1.82) is 0 Å². The molecule has 152 valence electrons. The van der Waals surface area contributed by atoms with E-state index in [0.717, 1.165) is 16.8 Å². The predicted octanol–water partition coefficient (Wildman–Crippen LogP) is 1.42. The first-order chi connectivity index (χ1) is 14.5. The van der Waals surface area contributed by atoms with Crippen molar-refractivity contribution < 1.29 is 23.9 Å². The van der Waals surface area contributed by atoms with E-state index >= 15 is 0 Å². The number of fused-ring (bicyclic) bond motifs is 4. The monoisotopic (exact) mass is 405 g/mol. The van der Waals surface area contributed by atoms with Crippen molar-refractivity contribution >= 4 is 23.4 Å². The van der Waals surface area contributed by atoms with Gasteiger partial charge in [0, 0.05) is 12.7 Å². The van der Waals surface area contributed by atoms with Gasteiger partial charge in [0.25, 0.3) is 0 Å². The fourth-order valence-corrected chi connectivity index (χ4v) is 5.41. The van der Waals surface area contributed by atoms with Gasteiger partial charge in [0.2, 0.25) is 24.5 Å². The first-order valence-corrected chi connectivity index (χ1v) is 9.87. The van der Waals surface area contributed by atoms with E-state index in [4.69, 9.17) is 9.47 Å². The quantitative estimate of drug-likeness (QED) is 0.775. The van der Waals surface area contributed by atoms with Crippen LogP contribution in [0.4, 0.5) is 5.69 Å². The third-order valence-electron chi connectivity index (χ3n) is 6.69. The largest absolute Gasteiger partial charge is 0.454 e. The summed E-state index contributed by atoms with van der Waals surface area (Å²) in [5.74, 6) is 0.697. The smallest absolute Gasteiger partial charge is 0.245 e. The molecule has 8 nitrogen and oxygen atoms in total. The maximum Gasteiger partial charge on any atom is 0.245 e. The molecule has 0 bridgehead atoms. The number of hydrogen-bond donors (Lipinski definition) is 1. The number of rotatable bonds is 1. The summed E-state index contributed by atoms with van der Waals surface area (Å²) in [6.45, 7) is 0.127. The number of likely N-dealkylation sites (N-methyl/N-ethyl adjacent to an activating group) is 1. The molecule has 3 amide bonds. The van der Waals surface area contributed by atoms with Gasteiger partial charge < -0.3 is 24.6 Å². The van der Waals surface area contributed by atoms with Crippen LogP contribution < -0.4 is 14.8 Å². The van der Waals surface area contributed by atoms with Crippen LogP contribution in [0.1, 0.15) is 23.6 Å². The van der Waals surface area contributed by atoms with Gasteiger partial charge >= 0.3 is 0 Å². The van der Waals surface area contributed by atoms with Crippen molar-refractivity contribution in [2.24, 2.45) is 0 Å². The van der Waals surface area contributed by atoms with Crippen molar-refractivity contribution in [3.8, 4) is 11.5 Å². The molecule has 0 aromatic heterocycles. The van der Waals surface area contributed by atoms with Crippen LogP contribution in [-0.2, 0) is 19.8 Å². The van der Waals surface area contributed by atoms with Gasteiger partial charge in [0.05, 0.1) is 12.6 Å². The van der Waals surface area contributed by atoms with Gasteiger partial charge in [-0.1, -0.05) is 24.3 Å². The zero-order valence-corrected chi connectivity index (χ0v) is 16.3. The summed E-state index contributed by atoms with van der Waals surface area (Å²) < 4.78 is 11.0. The van der Waals surface area contributed by atoms with Crippen LogP contribution in [0.5, 0.6) is 11.5 Å². The number of hydrogen-bond acceptors (Lipinski definition) is 5. The molecule has 6 rings (SSSR count). The Bertz CT molecular complexity index is 1130. The van der Waals surface area contributed by atoms with Gasteiger partial charge in [-0.3, -0.25) is 14.4 Å². The molecule has 8 heteroatoms. The van der Waals surface area contributed by atoms with Crippen LogP contribution in [0.15, 0.2) is 42.5 Å². The van der Waals surface area contributed by atoms with Crippen LogP contribution in [0.3, 0.4) is 0 Å². The number of ether oxygens (including phenoxy) is 2. The summed E-state index contributed by atoms with van der Waals surface area (Å²) in [5, 5.41) is 2.98. The second-order valence-corrected chi connectivity index (χ2v) is 8.20. The van der Waals surface area contributed by atoms with Crippen LogP contribution in [0.2, 0.25) is 0 Å². The summed E-state index contributed by atoms with van der Waals surface area (Å²) in [7, 11) is 1.63. The molecular weight excluding hydrogens is 386 g/mol. The van der Waals surface area contributed by atoms with E-state index in [9.17, 15) is 14.4 Å². The van der Waals surface area contributed by atoms with E-state index in [-0.39, 0.29) is 37.5 Å². The molecule has 4 aliphatic rings. The summed E-state index contributed by atoms with van der Waals surface area (Å²) >= 11 is 0. The van der Waals surface area contributed by atoms with Gasteiger partial charge in [-0.05, 0) is 35.7 Å². The lowest BCUT2D eigenvalue weighted by Crippen LogP contribution is -2.56. The molecule has 1 N–H and O–H groups in total. The number of piperazine rings is 1. The minimum atomic E-state index is -1.05. The Morgan fingerprint density at radius 2 is 1.87 bits per heavy atom. The summed E-state index contributed by atoms with van der Waals surface area (Å²) in [6.07, 6.45) is 0.240. The third-order valence-corrected chi connectivity index (χ3v) is 6.69. The van der Waals surface area contributed by atoms with Crippen molar-refractivity contribution in [2.45, 2.75) is 23.9 Å². The van der Waals surface area contributed by atoms with Gasteiger partial charge in [-0.2, -0.15) is 0 Å². The molecular formula is C22H19N3O5. The van der Waals surface area contributed by atoms with E-state index < -0.39 is 17.5 Å². The van der Waals surface area contributed by atoms with Gasteiger partial charge in [0.1, 0.15) is 11.5 Å². The summed E-state index contributed by atoms with van der Waals surface area (Å²) in [6, 6.07) is 11.7. The highest BCUT2D eigenvalue weighted by Crippen LogP contribution is 2.58. The third kappa shape index (κ3) is 2.03. The Kier molecular flexibility index (Phi) is 3.32. The predicted molar refractivity (Wildman–Crippen MR) is 105 cm³/mol. The van der Waals surface area contributed by atoms with Crippen molar-refractivity contribution in [3.63, 3.8) is 0 Å². The van der Waals surface area contributed by atoms with Gasteiger partial charge in [-0.15, -0.1) is 0 Å². The second kappa shape index (κ2) is 5.75. The van der Waals surface area contributed by atoms with Crippen LogP contribution in [-0.4, -0.2) is 53.9 Å². The normalized spacial score (nSPS) is 28.8. The zero-order valence-electron chi connectivity index (χ0n) is 16.3. The van der Waals surface area contributed by atoms with E-state index in [0.29, 0.717) is 11.5 Å². The summed E-state index contributed by atoms with van der Waals surface area (Å²) in [5.41, 5.74) is 1.24. The molecule has 2 fully saturated rings. The van der Waals surface area contributed by atoms with Gasteiger partial charge in [-0.25, -0.2) is 0 Å². The molecule has 4 heterocycles. The van der Waals surface area contributed by atoms with Crippen molar-refractivity contribution in [1.82, 2.24) is 9.80 Å². The molecule has 30 heavy (non-hydrogen) atoms. The summed E-state index contributed by atoms with van der Waals surface area (Å²) in [4.78, 5) is 42.7. The van der Waals surface area contributed by atoms with Crippen LogP contribution in [0.25, 0.3) is 0 Å². The number of nitrogens with zero attached hydrogens (tertiary/aromatic N) is 2. The maximum absolute atomic E-state index is 13.5. The molecule has 2 aromatic carbocycles. The molecule has 2 aromatic rings. The van der Waals surface area contributed by atoms with E-state index in [2.05, 4.69) is 5.32 Å². The van der Waals surface area contributed by atoms with Crippen molar-refractivity contribution in [2.75, 3.05) is 25.7 Å². The molecule has 4 aliphatic heterocycles. The number of anilines is 1. The first kappa shape index (κ1) is 17.3. The van der Waals surface area contributed by atoms with E-state index in [1.807, 2.05) is 36.4 Å². The highest BCUT2D eigenvalue weighted by molar-refractivity contribution is 6.09. The van der Waals surface area contributed by atoms with Crippen LogP contribution in [0, 0.1) is 0 Å². The Hall–Kier alpha value is -3.55. The van der Waals surface area contributed by atoms with Gasteiger partial charge in [0.15, 0.2) is 11.5 Å². The molecule has 2 saturated heterocycles. The molecule has 0 radical (unpaired) electrons. The Labute approximate surface area is 172 Å². The number of carbonyl (C=O) groups is 3. The number of benzene rings is 2. The van der Waals surface area contributed by atoms with E-state index in [1.165, 1.54) is 4.90 Å². The lowest BCUT2D eigenvalue weighted by atomic mass is 9.72. The highest BCUT2D eigenvalue weighted by Gasteiger charge is 2.65. The van der Waals surface area contributed by atoms with E-state index in [1.54, 1.807) is 18.0 Å². The lowest BCUT2D eigenvalue weighted by Gasteiger charge is -2.39. The fourth-order valence-electron chi connectivity index (χ4n) is 5.41. The topological polar surface area (TPSA) is 88.2 Å². The molecule has 0 aliphatic carbocycles. The Morgan fingerprint density at radius 1 is 1.07 bits per heavy atom. The number of carbonyl (C=O) groups excluding carboxylic acids is 3. The molecule has 3 atom stereocenters. The van der Waals surface area contributed by atoms with Crippen molar-refractivity contribution in [3.05, 3.63) is 53.6 Å². The first-order valence-electron chi connectivity index (χ1n) is 9.87. The average Bonchev–Trinajstić information content (AvgIpc) is 3.42. The number of nitrogens with one attached hydrogen (secondary N) is 1. The highest BCUT2D eigenvalue weighted by atomic mass is 16.7.